The monoisotopic (exact) mass is 410 g/mol. The van der Waals surface area contributed by atoms with Crippen LogP contribution in [-0.4, -0.2) is 51.6 Å². The first-order chi connectivity index (χ1) is 13.9. The van der Waals surface area contributed by atoms with Crippen LogP contribution < -0.4 is 4.74 Å². The van der Waals surface area contributed by atoms with Crippen molar-refractivity contribution in [1.29, 1.82) is 0 Å². The van der Waals surface area contributed by atoms with Crippen LogP contribution in [0.1, 0.15) is 11.4 Å². The predicted octanol–water partition coefficient (Wildman–Crippen LogP) is 3.60. The average molecular weight is 410 g/mol. The van der Waals surface area contributed by atoms with Crippen molar-refractivity contribution in [2.24, 2.45) is 0 Å². The van der Waals surface area contributed by atoms with Crippen LogP contribution >= 0.6 is 0 Å². The number of fused-ring (bicyclic) bond motifs is 1. The summed E-state index contributed by atoms with van der Waals surface area (Å²) in [4.78, 5) is 13.2. The van der Waals surface area contributed by atoms with Gasteiger partial charge in [0.05, 0.1) is 17.2 Å². The molecule has 154 valence electrons. The van der Waals surface area contributed by atoms with E-state index in [0.717, 1.165) is 11.0 Å². The van der Waals surface area contributed by atoms with Crippen LogP contribution in [0.15, 0.2) is 42.7 Å². The van der Waals surface area contributed by atoms with Gasteiger partial charge in [-0.15, -0.1) is 13.2 Å². The van der Waals surface area contributed by atoms with Crippen LogP contribution in [0, 0.1) is 0 Å². The Kier molecular flexibility index (Phi) is 5.37. The molecule has 1 fully saturated rings. The van der Waals surface area contributed by atoms with Crippen LogP contribution in [0.4, 0.5) is 17.6 Å². The molecular weight excluding hydrogens is 392 g/mol. The summed E-state index contributed by atoms with van der Waals surface area (Å²) in [6.07, 6.45) is -3.30. The van der Waals surface area contributed by atoms with E-state index in [1.807, 2.05) is 0 Å². The van der Waals surface area contributed by atoms with Gasteiger partial charge in [0.15, 0.2) is 0 Å². The number of aromatic amines is 1. The Bertz CT molecular complexity index is 945. The van der Waals surface area contributed by atoms with Crippen LogP contribution in [0.25, 0.3) is 11.0 Å². The molecule has 0 aliphatic carbocycles. The van der Waals surface area contributed by atoms with E-state index in [-0.39, 0.29) is 18.9 Å². The van der Waals surface area contributed by atoms with Gasteiger partial charge in [-0.1, -0.05) is 12.1 Å². The SMILES string of the molecule is FC1CN(Cc2cccc(OC(F)(F)F)c2)CC1OCc1nc2ccncc2[nH]1. The van der Waals surface area contributed by atoms with Gasteiger partial charge < -0.3 is 14.5 Å². The summed E-state index contributed by atoms with van der Waals surface area (Å²) >= 11 is 0. The molecule has 2 aromatic heterocycles. The lowest BCUT2D eigenvalue weighted by Crippen LogP contribution is -2.24. The molecule has 2 atom stereocenters. The van der Waals surface area contributed by atoms with E-state index in [4.69, 9.17) is 4.74 Å². The molecule has 1 aliphatic rings. The fourth-order valence-electron chi connectivity index (χ4n) is 3.36. The van der Waals surface area contributed by atoms with Gasteiger partial charge in [-0.25, -0.2) is 9.37 Å². The largest absolute Gasteiger partial charge is 0.573 e. The smallest absolute Gasteiger partial charge is 0.406 e. The number of H-pyrrole nitrogens is 1. The molecule has 0 bridgehead atoms. The van der Waals surface area contributed by atoms with Gasteiger partial charge in [0, 0.05) is 25.8 Å². The highest BCUT2D eigenvalue weighted by Gasteiger charge is 2.34. The number of alkyl halides is 4. The van der Waals surface area contributed by atoms with Gasteiger partial charge >= 0.3 is 6.36 Å². The van der Waals surface area contributed by atoms with Crippen molar-refractivity contribution in [1.82, 2.24) is 19.9 Å². The molecule has 0 radical (unpaired) electrons. The van der Waals surface area contributed by atoms with Crippen molar-refractivity contribution in [2.45, 2.75) is 31.8 Å². The molecule has 6 nitrogen and oxygen atoms in total. The summed E-state index contributed by atoms with van der Waals surface area (Å²) < 4.78 is 61.1. The Balaban J connectivity index is 1.33. The van der Waals surface area contributed by atoms with Crippen LogP contribution in [0.5, 0.6) is 5.75 Å². The standard InChI is InChI=1S/C19H18F4N4O2/c20-14-9-27(8-12-2-1-3-13(6-12)29-19(21,22)23)10-17(14)28-11-18-25-15-4-5-24-7-16(15)26-18/h1-7,14,17H,8-11H2,(H,25,26). The maximum atomic E-state index is 14.4. The van der Waals surface area contributed by atoms with E-state index >= 15 is 0 Å². The molecule has 4 rings (SSSR count). The van der Waals surface area contributed by atoms with Crippen molar-refractivity contribution in [3.8, 4) is 5.75 Å². The van der Waals surface area contributed by atoms with Gasteiger partial charge in [0.2, 0.25) is 0 Å². The zero-order valence-corrected chi connectivity index (χ0v) is 15.2. The van der Waals surface area contributed by atoms with Gasteiger partial charge in [-0.2, -0.15) is 0 Å². The zero-order chi connectivity index (χ0) is 20.4. The second kappa shape index (κ2) is 7.96. The first-order valence-electron chi connectivity index (χ1n) is 8.97. The molecule has 0 amide bonds. The maximum Gasteiger partial charge on any atom is 0.573 e. The number of hydrogen-bond donors (Lipinski definition) is 1. The fourth-order valence-corrected chi connectivity index (χ4v) is 3.36. The number of nitrogens with zero attached hydrogens (tertiary/aromatic N) is 3. The molecule has 3 heterocycles. The first kappa shape index (κ1) is 19.6. The minimum atomic E-state index is -4.75. The third kappa shape index (κ3) is 5.01. The van der Waals surface area contributed by atoms with Gasteiger partial charge in [0.25, 0.3) is 0 Å². The van der Waals surface area contributed by atoms with Gasteiger partial charge in [0.1, 0.15) is 30.5 Å². The number of nitrogens with one attached hydrogen (secondary N) is 1. The number of halogens is 4. The summed E-state index contributed by atoms with van der Waals surface area (Å²) in [6, 6.07) is 7.45. The third-order valence-corrected chi connectivity index (χ3v) is 4.58. The molecular formula is C19H18F4N4O2. The third-order valence-electron chi connectivity index (χ3n) is 4.58. The Morgan fingerprint density at radius 3 is 2.86 bits per heavy atom. The molecule has 1 saturated heterocycles. The number of pyridine rings is 1. The highest BCUT2D eigenvalue weighted by atomic mass is 19.4. The lowest BCUT2D eigenvalue weighted by Gasteiger charge is -2.16. The minimum Gasteiger partial charge on any atom is -0.406 e. The lowest BCUT2D eigenvalue weighted by atomic mass is 10.2. The first-order valence-corrected chi connectivity index (χ1v) is 8.97. The normalized spacial score (nSPS) is 20.4. The topological polar surface area (TPSA) is 63.3 Å². The number of imidazole rings is 1. The summed E-state index contributed by atoms with van der Waals surface area (Å²) in [7, 11) is 0. The van der Waals surface area contributed by atoms with E-state index in [9.17, 15) is 17.6 Å². The Morgan fingerprint density at radius 1 is 1.21 bits per heavy atom. The maximum absolute atomic E-state index is 14.4. The summed E-state index contributed by atoms with van der Waals surface area (Å²) in [5, 5.41) is 0. The molecule has 10 heteroatoms. The van der Waals surface area contributed by atoms with Crippen LogP contribution in [0.3, 0.4) is 0 Å². The number of rotatable bonds is 6. The predicted molar refractivity (Wildman–Crippen MR) is 95.8 cm³/mol. The fraction of sp³-hybridized carbons (Fsp3) is 0.368. The second-order valence-electron chi connectivity index (χ2n) is 6.83. The minimum absolute atomic E-state index is 0.127. The number of likely N-dealkylation sites (tertiary alicyclic amines) is 1. The van der Waals surface area contributed by atoms with Crippen molar-refractivity contribution in [2.75, 3.05) is 13.1 Å². The zero-order valence-electron chi connectivity index (χ0n) is 15.2. The molecule has 1 aliphatic heterocycles. The Labute approximate surface area is 163 Å². The molecule has 29 heavy (non-hydrogen) atoms. The van der Waals surface area contributed by atoms with Crippen molar-refractivity contribution in [3.63, 3.8) is 0 Å². The molecule has 3 aromatic rings. The van der Waals surface area contributed by atoms with Crippen LogP contribution in [-0.2, 0) is 17.9 Å². The summed E-state index contributed by atoms with van der Waals surface area (Å²) in [5.41, 5.74) is 2.13. The van der Waals surface area contributed by atoms with E-state index in [2.05, 4.69) is 19.7 Å². The Hall–Kier alpha value is -2.72. The molecule has 1 aromatic carbocycles. The van der Waals surface area contributed by atoms with E-state index in [1.165, 1.54) is 18.2 Å². The molecule has 0 saturated carbocycles. The molecule has 1 N–H and O–H groups in total. The molecule has 2 unspecified atom stereocenters. The van der Waals surface area contributed by atoms with Crippen molar-refractivity contribution < 1.29 is 27.0 Å². The van der Waals surface area contributed by atoms with Crippen LogP contribution in [0.2, 0.25) is 0 Å². The quantitative estimate of drug-likeness (QED) is 0.630. The number of hydrogen-bond acceptors (Lipinski definition) is 5. The highest BCUT2D eigenvalue weighted by molar-refractivity contribution is 5.73. The number of aromatic nitrogens is 3. The highest BCUT2D eigenvalue weighted by Crippen LogP contribution is 2.25. The van der Waals surface area contributed by atoms with E-state index in [0.29, 0.717) is 24.5 Å². The van der Waals surface area contributed by atoms with Gasteiger partial charge in [-0.05, 0) is 23.8 Å². The van der Waals surface area contributed by atoms with Crippen molar-refractivity contribution in [3.05, 3.63) is 54.1 Å². The second-order valence-corrected chi connectivity index (χ2v) is 6.83. The average Bonchev–Trinajstić information content (AvgIpc) is 3.21. The summed E-state index contributed by atoms with van der Waals surface area (Å²) in [5.74, 6) is 0.286. The van der Waals surface area contributed by atoms with Crippen molar-refractivity contribution >= 4 is 11.0 Å². The van der Waals surface area contributed by atoms with E-state index < -0.39 is 18.6 Å². The Morgan fingerprint density at radius 2 is 2.07 bits per heavy atom. The summed E-state index contributed by atoms with van der Waals surface area (Å²) in [6.45, 7) is 0.889. The van der Waals surface area contributed by atoms with Gasteiger partial charge in [-0.3, -0.25) is 9.88 Å². The molecule has 0 spiro atoms. The van der Waals surface area contributed by atoms with E-state index in [1.54, 1.807) is 29.4 Å². The number of ether oxygens (including phenoxy) is 2. The number of benzene rings is 1. The lowest BCUT2D eigenvalue weighted by molar-refractivity contribution is -0.274.